The first-order valence-electron chi connectivity index (χ1n) is 5.92. The van der Waals surface area contributed by atoms with Crippen molar-refractivity contribution in [2.24, 2.45) is 11.8 Å². The fraction of sp³-hybridized carbons (Fsp3) is 0.917. The minimum Gasteiger partial charge on any atom is -0.353 e. The second-order valence-electron chi connectivity index (χ2n) is 4.84. The summed E-state index contributed by atoms with van der Waals surface area (Å²) in [5.41, 5.74) is 0. The average Bonchev–Trinajstić information content (AvgIpc) is 2.15. The predicted octanol–water partition coefficient (Wildman–Crippen LogP) is 1.78. The third-order valence-corrected chi connectivity index (χ3v) is 2.52. The van der Waals surface area contributed by atoms with Gasteiger partial charge in [-0.3, -0.25) is 4.79 Å². The molecule has 0 bridgehead atoms. The Morgan fingerprint density at radius 3 is 2.20 bits per heavy atom. The van der Waals surface area contributed by atoms with E-state index in [1.807, 2.05) is 14.0 Å². The number of rotatable bonds is 7. The molecule has 3 heteroatoms. The Hall–Kier alpha value is -0.570. The molecule has 0 aromatic heterocycles. The van der Waals surface area contributed by atoms with Gasteiger partial charge in [0, 0.05) is 18.5 Å². The second-order valence-corrected chi connectivity index (χ2v) is 4.84. The molecule has 3 nitrogen and oxygen atoms in total. The van der Waals surface area contributed by atoms with Crippen LogP contribution >= 0.6 is 0 Å². The Labute approximate surface area is 94.0 Å². The van der Waals surface area contributed by atoms with E-state index < -0.39 is 0 Å². The summed E-state index contributed by atoms with van der Waals surface area (Å²) in [7, 11) is 1.87. The zero-order valence-electron chi connectivity index (χ0n) is 10.8. The fourth-order valence-electron chi connectivity index (χ4n) is 1.44. The highest BCUT2D eigenvalue weighted by atomic mass is 16.1. The van der Waals surface area contributed by atoms with Gasteiger partial charge in [0.2, 0.25) is 5.91 Å². The molecule has 0 saturated carbocycles. The van der Waals surface area contributed by atoms with Crippen molar-refractivity contribution < 1.29 is 4.79 Å². The molecule has 2 N–H and O–H groups in total. The monoisotopic (exact) mass is 214 g/mol. The van der Waals surface area contributed by atoms with Gasteiger partial charge in [-0.05, 0) is 32.7 Å². The quantitative estimate of drug-likeness (QED) is 0.678. The van der Waals surface area contributed by atoms with Crippen molar-refractivity contribution in [3.8, 4) is 0 Å². The Balaban J connectivity index is 3.75. The molecular weight excluding hydrogens is 188 g/mol. The van der Waals surface area contributed by atoms with Crippen molar-refractivity contribution in [2.45, 2.75) is 46.6 Å². The third kappa shape index (κ3) is 7.37. The summed E-state index contributed by atoms with van der Waals surface area (Å²) in [6, 6.07) is 0.291. The molecule has 1 amide bonds. The summed E-state index contributed by atoms with van der Waals surface area (Å²) >= 11 is 0. The molecule has 90 valence electrons. The van der Waals surface area contributed by atoms with Crippen LogP contribution in [0.4, 0.5) is 0 Å². The van der Waals surface area contributed by atoms with E-state index >= 15 is 0 Å². The second kappa shape index (κ2) is 7.69. The maximum Gasteiger partial charge on any atom is 0.224 e. The third-order valence-electron chi connectivity index (χ3n) is 2.52. The van der Waals surface area contributed by atoms with Gasteiger partial charge in [0.15, 0.2) is 0 Å². The molecule has 0 aromatic rings. The van der Waals surface area contributed by atoms with Crippen molar-refractivity contribution in [3.63, 3.8) is 0 Å². The van der Waals surface area contributed by atoms with Gasteiger partial charge in [-0.25, -0.2) is 0 Å². The normalized spacial score (nSPS) is 15.1. The van der Waals surface area contributed by atoms with Gasteiger partial charge in [0.1, 0.15) is 0 Å². The molecule has 0 radical (unpaired) electrons. The molecule has 0 aliphatic heterocycles. The average molecular weight is 214 g/mol. The lowest BCUT2D eigenvalue weighted by atomic mass is 10.0. The van der Waals surface area contributed by atoms with Gasteiger partial charge >= 0.3 is 0 Å². The van der Waals surface area contributed by atoms with Crippen LogP contribution in [0.2, 0.25) is 0 Å². The van der Waals surface area contributed by atoms with Gasteiger partial charge in [-0.15, -0.1) is 0 Å². The lowest BCUT2D eigenvalue weighted by Gasteiger charge is -2.18. The van der Waals surface area contributed by atoms with Gasteiger partial charge in [0.05, 0.1) is 0 Å². The zero-order chi connectivity index (χ0) is 11.8. The molecule has 2 atom stereocenters. The minimum absolute atomic E-state index is 0.0523. The number of hydrogen-bond donors (Lipinski definition) is 2. The Bertz CT molecular complexity index is 180. The molecule has 0 heterocycles. The fourth-order valence-corrected chi connectivity index (χ4v) is 1.44. The first-order valence-corrected chi connectivity index (χ1v) is 5.92. The summed E-state index contributed by atoms with van der Waals surface area (Å²) in [5.74, 6) is 0.913. The topological polar surface area (TPSA) is 41.1 Å². The first-order chi connectivity index (χ1) is 6.97. The summed E-state index contributed by atoms with van der Waals surface area (Å²) in [4.78, 5) is 11.6. The summed E-state index contributed by atoms with van der Waals surface area (Å²) in [6.45, 7) is 9.17. The van der Waals surface area contributed by atoms with Crippen LogP contribution in [0.5, 0.6) is 0 Å². The van der Waals surface area contributed by atoms with E-state index in [-0.39, 0.29) is 11.8 Å². The highest BCUT2D eigenvalue weighted by Gasteiger charge is 2.14. The van der Waals surface area contributed by atoms with Crippen LogP contribution in [0.3, 0.4) is 0 Å². The van der Waals surface area contributed by atoms with Crippen molar-refractivity contribution in [3.05, 3.63) is 0 Å². The molecule has 15 heavy (non-hydrogen) atoms. The molecular formula is C12H26N2O. The maximum absolute atomic E-state index is 11.6. The number of nitrogens with one attached hydrogen (secondary N) is 2. The smallest absolute Gasteiger partial charge is 0.224 e. The Kier molecular flexibility index (Phi) is 7.39. The van der Waals surface area contributed by atoms with Crippen LogP contribution < -0.4 is 10.6 Å². The molecule has 2 unspecified atom stereocenters. The van der Waals surface area contributed by atoms with E-state index in [1.54, 1.807) is 0 Å². The van der Waals surface area contributed by atoms with Gasteiger partial charge < -0.3 is 10.6 Å². The van der Waals surface area contributed by atoms with Gasteiger partial charge in [-0.1, -0.05) is 20.8 Å². The molecule has 0 spiro atoms. The van der Waals surface area contributed by atoms with Crippen molar-refractivity contribution in [1.82, 2.24) is 10.6 Å². The highest BCUT2D eigenvalue weighted by Crippen LogP contribution is 2.06. The van der Waals surface area contributed by atoms with Crippen molar-refractivity contribution in [1.29, 1.82) is 0 Å². The molecule has 0 fully saturated rings. The minimum atomic E-state index is 0.0523. The molecule has 0 aromatic carbocycles. The summed E-state index contributed by atoms with van der Waals surface area (Å²) in [6.07, 6.45) is 2.23. The molecule has 0 rings (SSSR count). The predicted molar refractivity (Wildman–Crippen MR) is 64.8 cm³/mol. The number of carbonyl (C=O) groups excluding carboxylic acids is 1. The molecule has 0 aliphatic carbocycles. The van der Waals surface area contributed by atoms with E-state index in [9.17, 15) is 4.79 Å². The summed E-state index contributed by atoms with van der Waals surface area (Å²) < 4.78 is 0. The van der Waals surface area contributed by atoms with Crippen LogP contribution in [0.15, 0.2) is 0 Å². The number of hydrogen-bond acceptors (Lipinski definition) is 2. The van der Waals surface area contributed by atoms with E-state index in [4.69, 9.17) is 0 Å². The van der Waals surface area contributed by atoms with Gasteiger partial charge in [0.25, 0.3) is 0 Å². The van der Waals surface area contributed by atoms with Crippen molar-refractivity contribution in [2.75, 3.05) is 13.6 Å². The largest absolute Gasteiger partial charge is 0.353 e. The number of amides is 1. The SMILES string of the molecule is CNCC(C)C(=O)NC(C)CCC(C)C. The Morgan fingerprint density at radius 1 is 1.13 bits per heavy atom. The van der Waals surface area contributed by atoms with Crippen molar-refractivity contribution >= 4 is 5.91 Å². The summed E-state index contributed by atoms with van der Waals surface area (Å²) in [5, 5.41) is 6.05. The van der Waals surface area contributed by atoms with Crippen LogP contribution in [0, 0.1) is 11.8 Å². The van der Waals surface area contributed by atoms with Gasteiger partial charge in [-0.2, -0.15) is 0 Å². The lowest BCUT2D eigenvalue weighted by Crippen LogP contribution is -2.39. The van der Waals surface area contributed by atoms with Crippen LogP contribution in [0.25, 0.3) is 0 Å². The van der Waals surface area contributed by atoms with E-state index in [0.717, 1.165) is 13.0 Å². The highest BCUT2D eigenvalue weighted by molar-refractivity contribution is 5.78. The van der Waals surface area contributed by atoms with Crippen LogP contribution in [0.1, 0.15) is 40.5 Å². The van der Waals surface area contributed by atoms with Crippen LogP contribution in [-0.2, 0) is 4.79 Å². The maximum atomic E-state index is 11.6. The lowest BCUT2D eigenvalue weighted by molar-refractivity contribution is -0.125. The number of carbonyl (C=O) groups is 1. The van der Waals surface area contributed by atoms with E-state index in [2.05, 4.69) is 31.4 Å². The van der Waals surface area contributed by atoms with Crippen LogP contribution in [-0.4, -0.2) is 25.5 Å². The standard InChI is InChI=1S/C12H26N2O/c1-9(2)6-7-11(4)14-12(15)10(3)8-13-5/h9-11,13H,6-8H2,1-5H3,(H,14,15). The zero-order valence-corrected chi connectivity index (χ0v) is 10.8. The Morgan fingerprint density at radius 2 is 1.73 bits per heavy atom. The molecule has 0 aliphatic rings. The van der Waals surface area contributed by atoms with E-state index in [1.165, 1.54) is 6.42 Å². The van der Waals surface area contributed by atoms with E-state index in [0.29, 0.717) is 12.0 Å². The first kappa shape index (κ1) is 14.4. The molecule has 0 saturated heterocycles.